The molecular formula is C12H19BrN2O2S2. The van der Waals surface area contributed by atoms with Crippen molar-refractivity contribution in [2.45, 2.75) is 30.1 Å². The number of ether oxygens (including phenoxy) is 1. The highest BCUT2D eigenvalue weighted by Crippen LogP contribution is 2.40. The second kappa shape index (κ2) is 7.36. The molecule has 7 heteroatoms. The number of hydrogen-bond acceptors (Lipinski definition) is 5. The van der Waals surface area contributed by atoms with Crippen LogP contribution in [0.5, 0.6) is 0 Å². The van der Waals surface area contributed by atoms with E-state index in [-0.39, 0.29) is 5.25 Å². The Kier molecular flexibility index (Phi) is 6.08. The maximum Gasteiger partial charge on any atom is 0.110 e. The van der Waals surface area contributed by atoms with Gasteiger partial charge in [-0.1, -0.05) is 6.92 Å². The summed E-state index contributed by atoms with van der Waals surface area (Å²) in [6, 6.07) is 0. The van der Waals surface area contributed by atoms with Gasteiger partial charge in [-0.2, -0.15) is 28.6 Å². The van der Waals surface area contributed by atoms with Crippen molar-refractivity contribution in [3.05, 3.63) is 16.4 Å². The van der Waals surface area contributed by atoms with Gasteiger partial charge < -0.3 is 9.84 Å². The fourth-order valence-corrected chi connectivity index (χ4v) is 5.51. The number of rotatable bonds is 5. The Morgan fingerprint density at radius 2 is 2.32 bits per heavy atom. The average molecular weight is 367 g/mol. The minimum absolute atomic E-state index is 0.216. The van der Waals surface area contributed by atoms with E-state index in [1.54, 1.807) is 13.3 Å². The molecule has 0 spiro atoms. The molecule has 0 aliphatic carbocycles. The molecule has 0 bridgehead atoms. The molecule has 0 aromatic carbocycles. The van der Waals surface area contributed by atoms with Gasteiger partial charge in [-0.3, -0.25) is 4.68 Å². The molecule has 1 aromatic rings. The number of hydrogen-bond donors (Lipinski definition) is 1. The number of aliphatic hydroxyl groups excluding tert-OH is 1. The molecule has 1 aromatic heterocycles. The zero-order valence-corrected chi connectivity index (χ0v) is 14.3. The molecule has 0 radical (unpaired) electrons. The van der Waals surface area contributed by atoms with Gasteiger partial charge >= 0.3 is 0 Å². The van der Waals surface area contributed by atoms with Gasteiger partial charge in [-0.15, -0.1) is 0 Å². The standard InChI is InChI=1S/C12H19BrN2O2S2/c1-8-12(19-6-5-18-8)11(16)10-9(13)7-14-15(10)3-4-17-2/h7-8,11-12,16H,3-6H2,1-2H3. The second-order valence-electron chi connectivity index (χ2n) is 4.45. The summed E-state index contributed by atoms with van der Waals surface area (Å²) in [5.74, 6) is 2.26. The van der Waals surface area contributed by atoms with Crippen LogP contribution in [0, 0.1) is 0 Å². The van der Waals surface area contributed by atoms with Crippen LogP contribution in [-0.2, 0) is 11.3 Å². The van der Waals surface area contributed by atoms with Gasteiger partial charge in [0.1, 0.15) is 6.10 Å². The largest absolute Gasteiger partial charge is 0.386 e. The number of nitrogens with zero attached hydrogens (tertiary/aromatic N) is 2. The summed E-state index contributed by atoms with van der Waals surface area (Å²) < 4.78 is 7.80. The Hall–Kier alpha value is 0.310. The molecule has 1 N–H and O–H groups in total. The molecule has 2 rings (SSSR count). The van der Waals surface area contributed by atoms with Gasteiger partial charge in [-0.05, 0) is 15.9 Å². The van der Waals surface area contributed by atoms with Crippen LogP contribution >= 0.6 is 39.5 Å². The van der Waals surface area contributed by atoms with Crippen molar-refractivity contribution in [3.63, 3.8) is 0 Å². The molecule has 0 amide bonds. The summed E-state index contributed by atoms with van der Waals surface area (Å²) in [5, 5.41) is 15.7. The lowest BCUT2D eigenvalue weighted by molar-refractivity contribution is 0.150. The maximum atomic E-state index is 10.7. The van der Waals surface area contributed by atoms with Gasteiger partial charge in [-0.25, -0.2) is 0 Å². The van der Waals surface area contributed by atoms with E-state index in [1.165, 1.54) is 5.75 Å². The van der Waals surface area contributed by atoms with Gasteiger partial charge in [0.15, 0.2) is 0 Å². The quantitative estimate of drug-likeness (QED) is 0.867. The second-order valence-corrected chi connectivity index (χ2v) is 8.08. The Bertz CT molecular complexity index is 416. The summed E-state index contributed by atoms with van der Waals surface area (Å²) in [4.78, 5) is 0. The third kappa shape index (κ3) is 3.69. The minimum atomic E-state index is -0.499. The molecule has 3 unspecified atom stereocenters. The molecule has 19 heavy (non-hydrogen) atoms. The predicted octanol–water partition coefficient (Wildman–Crippen LogP) is 2.56. The third-order valence-corrected chi connectivity index (χ3v) is 6.96. The normalized spacial score (nSPS) is 25.5. The maximum absolute atomic E-state index is 10.7. The molecule has 1 saturated heterocycles. The Labute approximate surface area is 130 Å². The smallest absolute Gasteiger partial charge is 0.110 e. The number of halogens is 1. The van der Waals surface area contributed by atoms with Crippen molar-refractivity contribution in [1.82, 2.24) is 9.78 Å². The van der Waals surface area contributed by atoms with Gasteiger partial charge in [0, 0.05) is 29.1 Å². The Morgan fingerprint density at radius 1 is 1.58 bits per heavy atom. The Balaban J connectivity index is 2.17. The summed E-state index contributed by atoms with van der Waals surface area (Å²) >= 11 is 7.28. The van der Waals surface area contributed by atoms with Gasteiger partial charge in [0.25, 0.3) is 0 Å². The molecule has 0 saturated carbocycles. The highest BCUT2D eigenvalue weighted by atomic mass is 79.9. The highest BCUT2D eigenvalue weighted by molar-refractivity contribution is 9.10. The average Bonchev–Trinajstić information content (AvgIpc) is 2.77. The number of aliphatic hydroxyl groups is 1. The van der Waals surface area contributed by atoms with Crippen LogP contribution < -0.4 is 0 Å². The SMILES string of the molecule is COCCn1ncc(Br)c1C(O)C1SCCSC1C. The van der Waals surface area contributed by atoms with Crippen molar-refractivity contribution in [3.8, 4) is 0 Å². The minimum Gasteiger partial charge on any atom is -0.386 e. The van der Waals surface area contributed by atoms with E-state index in [9.17, 15) is 5.11 Å². The first-order chi connectivity index (χ1) is 9.15. The first-order valence-electron chi connectivity index (χ1n) is 6.26. The van der Waals surface area contributed by atoms with Crippen molar-refractivity contribution >= 4 is 39.5 Å². The third-order valence-electron chi connectivity index (χ3n) is 3.17. The van der Waals surface area contributed by atoms with E-state index in [0.29, 0.717) is 18.4 Å². The molecule has 108 valence electrons. The van der Waals surface area contributed by atoms with E-state index in [1.807, 2.05) is 28.2 Å². The first kappa shape index (κ1) is 15.7. The predicted molar refractivity (Wildman–Crippen MR) is 84.9 cm³/mol. The van der Waals surface area contributed by atoms with Crippen LogP contribution in [0.2, 0.25) is 0 Å². The van der Waals surface area contributed by atoms with E-state index in [2.05, 4.69) is 28.0 Å². The van der Waals surface area contributed by atoms with Crippen molar-refractivity contribution in [2.75, 3.05) is 25.2 Å². The van der Waals surface area contributed by atoms with Crippen LogP contribution in [0.4, 0.5) is 0 Å². The summed E-state index contributed by atoms with van der Waals surface area (Å²) in [5.41, 5.74) is 0.865. The zero-order chi connectivity index (χ0) is 13.8. The zero-order valence-electron chi connectivity index (χ0n) is 11.1. The van der Waals surface area contributed by atoms with Crippen molar-refractivity contribution in [1.29, 1.82) is 0 Å². The highest BCUT2D eigenvalue weighted by Gasteiger charge is 2.33. The molecular weight excluding hydrogens is 348 g/mol. The monoisotopic (exact) mass is 366 g/mol. The molecule has 4 nitrogen and oxygen atoms in total. The molecule has 2 heterocycles. The van der Waals surface area contributed by atoms with E-state index in [0.717, 1.165) is 15.9 Å². The van der Waals surface area contributed by atoms with Crippen molar-refractivity contribution in [2.24, 2.45) is 0 Å². The topological polar surface area (TPSA) is 47.3 Å². The van der Waals surface area contributed by atoms with Crippen LogP contribution in [0.1, 0.15) is 18.7 Å². The summed E-state index contributed by atoms with van der Waals surface area (Å²) in [6.07, 6.45) is 1.25. The fourth-order valence-electron chi connectivity index (χ4n) is 2.17. The molecule has 3 atom stereocenters. The van der Waals surface area contributed by atoms with Gasteiger partial charge in [0.2, 0.25) is 0 Å². The van der Waals surface area contributed by atoms with E-state index < -0.39 is 6.10 Å². The van der Waals surface area contributed by atoms with Gasteiger partial charge in [0.05, 0.1) is 29.5 Å². The molecule has 1 fully saturated rings. The Morgan fingerprint density at radius 3 is 3.00 bits per heavy atom. The summed E-state index contributed by atoms with van der Waals surface area (Å²) in [7, 11) is 1.67. The first-order valence-corrected chi connectivity index (χ1v) is 9.15. The number of thioether (sulfide) groups is 2. The number of aromatic nitrogens is 2. The van der Waals surface area contributed by atoms with Crippen LogP contribution in [0.15, 0.2) is 10.7 Å². The fraction of sp³-hybridized carbons (Fsp3) is 0.750. The van der Waals surface area contributed by atoms with Crippen LogP contribution in [0.25, 0.3) is 0 Å². The van der Waals surface area contributed by atoms with Crippen LogP contribution in [-0.4, -0.2) is 50.6 Å². The lowest BCUT2D eigenvalue weighted by atomic mass is 10.1. The van der Waals surface area contributed by atoms with Crippen LogP contribution in [0.3, 0.4) is 0 Å². The molecule has 1 aliphatic heterocycles. The lowest BCUT2D eigenvalue weighted by Gasteiger charge is -2.32. The van der Waals surface area contributed by atoms with E-state index >= 15 is 0 Å². The van der Waals surface area contributed by atoms with Crippen molar-refractivity contribution < 1.29 is 9.84 Å². The molecule has 1 aliphatic rings. The lowest BCUT2D eigenvalue weighted by Crippen LogP contribution is -2.31. The number of methoxy groups -OCH3 is 1. The van der Waals surface area contributed by atoms with E-state index in [4.69, 9.17) is 4.74 Å². The summed E-state index contributed by atoms with van der Waals surface area (Å²) in [6.45, 7) is 3.44.